The van der Waals surface area contributed by atoms with Gasteiger partial charge in [-0.3, -0.25) is 0 Å². The first-order valence-electron chi connectivity index (χ1n) is 6.70. The lowest BCUT2D eigenvalue weighted by atomic mass is 10.1. The molecule has 1 aromatic rings. The van der Waals surface area contributed by atoms with Crippen molar-refractivity contribution < 1.29 is 4.74 Å². The molecule has 0 fully saturated rings. The second kappa shape index (κ2) is 7.57. The highest BCUT2D eigenvalue weighted by atomic mass is 35.5. The van der Waals surface area contributed by atoms with Gasteiger partial charge >= 0.3 is 0 Å². The molecule has 0 saturated carbocycles. The maximum Gasteiger partial charge on any atom is 0.221 e. The minimum Gasteiger partial charge on any atom is -0.477 e. The van der Waals surface area contributed by atoms with Crippen molar-refractivity contribution in [3.05, 3.63) is 16.5 Å². The van der Waals surface area contributed by atoms with Crippen LogP contribution < -0.4 is 4.74 Å². The summed E-state index contributed by atoms with van der Waals surface area (Å²) in [4.78, 5) is 8.68. The van der Waals surface area contributed by atoms with Gasteiger partial charge in [-0.15, -0.1) is 0 Å². The summed E-state index contributed by atoms with van der Waals surface area (Å²) in [5.74, 6) is 2.12. The Kier molecular flexibility index (Phi) is 6.41. The summed E-state index contributed by atoms with van der Waals surface area (Å²) in [5, 5.41) is 0.507. The molecule has 0 aliphatic carbocycles. The highest BCUT2D eigenvalue weighted by molar-refractivity contribution is 6.30. The van der Waals surface area contributed by atoms with E-state index in [1.807, 2.05) is 6.92 Å². The minimum atomic E-state index is 0.507. The molecule has 0 aliphatic heterocycles. The summed E-state index contributed by atoms with van der Waals surface area (Å²) in [7, 11) is 0. The second-order valence-electron chi connectivity index (χ2n) is 5.00. The van der Waals surface area contributed by atoms with Crippen LogP contribution in [0.4, 0.5) is 0 Å². The predicted octanol–water partition coefficient (Wildman–Crippen LogP) is 4.21. The van der Waals surface area contributed by atoms with E-state index in [1.54, 1.807) is 0 Å². The van der Waals surface area contributed by atoms with Gasteiger partial charge < -0.3 is 4.74 Å². The lowest BCUT2D eigenvalue weighted by molar-refractivity contribution is 0.283. The van der Waals surface area contributed by atoms with E-state index in [1.165, 1.54) is 6.42 Å². The number of aromatic nitrogens is 2. The van der Waals surface area contributed by atoms with Gasteiger partial charge in [0.15, 0.2) is 0 Å². The molecule has 1 heterocycles. The Balaban J connectivity index is 2.63. The van der Waals surface area contributed by atoms with Crippen LogP contribution in [-0.4, -0.2) is 16.6 Å². The lowest BCUT2D eigenvalue weighted by Gasteiger charge is -2.11. The van der Waals surface area contributed by atoms with Gasteiger partial charge in [0.2, 0.25) is 5.88 Å². The van der Waals surface area contributed by atoms with Crippen molar-refractivity contribution in [1.29, 1.82) is 0 Å². The molecular formula is C14H23ClN2O. The molecule has 0 N–H and O–H groups in total. The van der Waals surface area contributed by atoms with Crippen LogP contribution in [0.3, 0.4) is 0 Å². The molecule has 4 heteroatoms. The van der Waals surface area contributed by atoms with Gasteiger partial charge in [-0.25, -0.2) is 4.98 Å². The first-order valence-corrected chi connectivity index (χ1v) is 7.08. The zero-order valence-corrected chi connectivity index (χ0v) is 12.5. The van der Waals surface area contributed by atoms with Crippen LogP contribution in [0.2, 0.25) is 5.15 Å². The Hall–Kier alpha value is -0.830. The van der Waals surface area contributed by atoms with E-state index in [4.69, 9.17) is 16.3 Å². The molecule has 0 saturated heterocycles. The van der Waals surface area contributed by atoms with Crippen LogP contribution in [0.15, 0.2) is 0 Å². The third kappa shape index (κ3) is 4.81. The van der Waals surface area contributed by atoms with Gasteiger partial charge in [-0.2, -0.15) is 4.98 Å². The largest absolute Gasteiger partial charge is 0.477 e. The van der Waals surface area contributed by atoms with E-state index in [9.17, 15) is 0 Å². The molecule has 0 unspecified atom stereocenters. The van der Waals surface area contributed by atoms with Crippen molar-refractivity contribution in [2.45, 2.75) is 53.4 Å². The molecule has 18 heavy (non-hydrogen) atoms. The standard InChI is InChI=1S/C14H23ClN2O/c1-5-7-12-16-13(15)11(4)14(17-12)18-9-6-8-10(2)3/h10H,5-9H2,1-4H3. The number of ether oxygens (including phenoxy) is 1. The Morgan fingerprint density at radius 3 is 2.61 bits per heavy atom. The number of halogens is 1. The number of aryl methyl sites for hydroxylation is 1. The number of nitrogens with zero attached hydrogens (tertiary/aromatic N) is 2. The van der Waals surface area contributed by atoms with Gasteiger partial charge in [0.1, 0.15) is 11.0 Å². The zero-order valence-electron chi connectivity index (χ0n) is 11.8. The summed E-state index contributed by atoms with van der Waals surface area (Å²) in [6.07, 6.45) is 4.05. The molecular weight excluding hydrogens is 248 g/mol. The molecule has 0 atom stereocenters. The van der Waals surface area contributed by atoms with E-state index >= 15 is 0 Å². The van der Waals surface area contributed by atoms with E-state index in [0.717, 1.165) is 30.7 Å². The molecule has 102 valence electrons. The normalized spacial score (nSPS) is 11.0. The molecule has 0 spiro atoms. The first-order chi connectivity index (χ1) is 8.54. The number of rotatable bonds is 7. The van der Waals surface area contributed by atoms with Crippen LogP contribution >= 0.6 is 11.6 Å². The smallest absolute Gasteiger partial charge is 0.221 e. The fraction of sp³-hybridized carbons (Fsp3) is 0.714. The Labute approximate surface area is 115 Å². The highest BCUT2D eigenvalue weighted by Gasteiger charge is 2.10. The van der Waals surface area contributed by atoms with E-state index in [2.05, 4.69) is 30.7 Å². The van der Waals surface area contributed by atoms with Crippen molar-refractivity contribution >= 4 is 11.6 Å². The maximum atomic E-state index is 6.09. The number of hydrogen-bond donors (Lipinski definition) is 0. The molecule has 1 aromatic heterocycles. The lowest BCUT2D eigenvalue weighted by Crippen LogP contribution is -2.06. The van der Waals surface area contributed by atoms with E-state index in [0.29, 0.717) is 23.6 Å². The molecule has 0 radical (unpaired) electrons. The van der Waals surface area contributed by atoms with E-state index in [-0.39, 0.29) is 0 Å². The Bertz CT molecular complexity index is 380. The first kappa shape index (κ1) is 15.2. The van der Waals surface area contributed by atoms with Crippen LogP contribution in [0.1, 0.15) is 51.4 Å². The Morgan fingerprint density at radius 1 is 1.28 bits per heavy atom. The SMILES string of the molecule is CCCc1nc(Cl)c(C)c(OCCCC(C)C)n1. The fourth-order valence-corrected chi connectivity index (χ4v) is 1.83. The zero-order chi connectivity index (χ0) is 13.5. The van der Waals surface area contributed by atoms with Gasteiger partial charge in [0.05, 0.1) is 6.61 Å². The van der Waals surface area contributed by atoms with Crippen molar-refractivity contribution in [2.24, 2.45) is 5.92 Å². The monoisotopic (exact) mass is 270 g/mol. The van der Waals surface area contributed by atoms with Crippen LogP contribution in [0, 0.1) is 12.8 Å². The Morgan fingerprint density at radius 2 is 2.00 bits per heavy atom. The molecule has 0 amide bonds. The minimum absolute atomic E-state index is 0.507. The summed E-state index contributed by atoms with van der Waals surface area (Å²) < 4.78 is 5.72. The summed E-state index contributed by atoms with van der Waals surface area (Å²) in [6.45, 7) is 9.12. The molecule has 0 aliphatic rings. The van der Waals surface area contributed by atoms with Crippen LogP contribution in [0.5, 0.6) is 5.88 Å². The summed E-state index contributed by atoms with van der Waals surface area (Å²) in [5.41, 5.74) is 0.834. The van der Waals surface area contributed by atoms with Gasteiger partial charge in [0, 0.05) is 12.0 Å². The summed E-state index contributed by atoms with van der Waals surface area (Å²) in [6, 6.07) is 0. The molecule has 3 nitrogen and oxygen atoms in total. The quantitative estimate of drug-likeness (QED) is 0.550. The third-order valence-electron chi connectivity index (χ3n) is 2.73. The van der Waals surface area contributed by atoms with Gasteiger partial charge in [-0.1, -0.05) is 32.4 Å². The fourth-order valence-electron chi connectivity index (χ4n) is 1.65. The topological polar surface area (TPSA) is 35.0 Å². The predicted molar refractivity (Wildman–Crippen MR) is 75.3 cm³/mol. The third-order valence-corrected chi connectivity index (χ3v) is 3.09. The van der Waals surface area contributed by atoms with Crippen LogP contribution in [0.25, 0.3) is 0 Å². The summed E-state index contributed by atoms with van der Waals surface area (Å²) >= 11 is 6.09. The van der Waals surface area contributed by atoms with E-state index < -0.39 is 0 Å². The maximum absolute atomic E-state index is 6.09. The highest BCUT2D eigenvalue weighted by Crippen LogP contribution is 2.22. The van der Waals surface area contributed by atoms with Crippen molar-refractivity contribution in [2.75, 3.05) is 6.61 Å². The molecule has 0 bridgehead atoms. The van der Waals surface area contributed by atoms with Crippen molar-refractivity contribution in [3.8, 4) is 5.88 Å². The van der Waals surface area contributed by atoms with Crippen molar-refractivity contribution in [1.82, 2.24) is 9.97 Å². The molecule has 1 rings (SSSR count). The average molecular weight is 271 g/mol. The second-order valence-corrected chi connectivity index (χ2v) is 5.35. The van der Waals surface area contributed by atoms with Crippen LogP contribution in [-0.2, 0) is 6.42 Å². The average Bonchev–Trinajstić information content (AvgIpc) is 2.30. The van der Waals surface area contributed by atoms with Gasteiger partial charge in [-0.05, 0) is 32.1 Å². The number of hydrogen-bond acceptors (Lipinski definition) is 3. The van der Waals surface area contributed by atoms with Gasteiger partial charge in [0.25, 0.3) is 0 Å². The molecule has 0 aromatic carbocycles. The van der Waals surface area contributed by atoms with Crippen molar-refractivity contribution in [3.63, 3.8) is 0 Å².